The van der Waals surface area contributed by atoms with Crippen LogP contribution in [0.5, 0.6) is 11.5 Å². The van der Waals surface area contributed by atoms with Crippen LogP contribution in [0, 0.1) is 0 Å². The van der Waals surface area contributed by atoms with Gasteiger partial charge < -0.3 is 19.4 Å². The summed E-state index contributed by atoms with van der Waals surface area (Å²) >= 11 is 2.99. The molecule has 0 radical (unpaired) electrons. The van der Waals surface area contributed by atoms with Crippen molar-refractivity contribution in [2.45, 2.75) is 11.7 Å². The minimum atomic E-state index is -0.0303. The average molecular weight is 403 g/mol. The highest BCUT2D eigenvalue weighted by Gasteiger charge is 2.17. The summed E-state index contributed by atoms with van der Waals surface area (Å²) in [7, 11) is 1.89. The lowest BCUT2D eigenvalue weighted by molar-refractivity contribution is -0.118. The van der Waals surface area contributed by atoms with E-state index in [1.165, 1.54) is 11.8 Å². The van der Waals surface area contributed by atoms with Crippen molar-refractivity contribution in [1.29, 1.82) is 0 Å². The average Bonchev–Trinajstić information content (AvgIpc) is 3.34. The fourth-order valence-corrected chi connectivity index (χ4v) is 4.04. The van der Waals surface area contributed by atoms with Crippen LogP contribution < -0.4 is 14.8 Å². The second-order valence-corrected chi connectivity index (χ2v) is 7.84. The van der Waals surface area contributed by atoms with Crippen LogP contribution in [0.4, 0.5) is 0 Å². The minimum absolute atomic E-state index is 0.0303. The normalized spacial score (nSPS) is 12.8. The van der Waals surface area contributed by atoms with Crippen molar-refractivity contribution in [3.8, 4) is 22.9 Å². The zero-order valence-corrected chi connectivity index (χ0v) is 16.3. The molecule has 0 saturated carbocycles. The Bertz CT molecular complexity index is 940. The van der Waals surface area contributed by atoms with Crippen molar-refractivity contribution in [1.82, 2.24) is 20.1 Å². The van der Waals surface area contributed by atoms with Crippen LogP contribution in [0.3, 0.4) is 0 Å². The fourth-order valence-electron chi connectivity index (χ4n) is 2.65. The van der Waals surface area contributed by atoms with Gasteiger partial charge in [0.2, 0.25) is 5.91 Å². The number of hydrogen-bond acceptors (Lipinski definition) is 7. The molecule has 1 aliphatic heterocycles. The highest BCUT2D eigenvalue weighted by atomic mass is 32.2. The molecule has 27 heavy (non-hydrogen) atoms. The highest BCUT2D eigenvalue weighted by Crippen LogP contribution is 2.34. The summed E-state index contributed by atoms with van der Waals surface area (Å²) in [6, 6.07) is 9.68. The number of carbonyl (C=O) groups excluding carboxylic acids is 1. The molecule has 9 heteroatoms. The van der Waals surface area contributed by atoms with Crippen molar-refractivity contribution in [2.24, 2.45) is 7.05 Å². The molecular weight excluding hydrogens is 384 g/mol. The molecule has 1 N–H and O–H groups in total. The van der Waals surface area contributed by atoms with Gasteiger partial charge in [-0.1, -0.05) is 17.8 Å². The topological polar surface area (TPSA) is 78.3 Å². The fraction of sp³-hybridized carbons (Fsp3) is 0.278. The first-order chi connectivity index (χ1) is 13.2. The van der Waals surface area contributed by atoms with Gasteiger partial charge >= 0.3 is 0 Å². The Morgan fingerprint density at radius 1 is 1.26 bits per heavy atom. The van der Waals surface area contributed by atoms with E-state index in [0.717, 1.165) is 16.2 Å². The third-order valence-electron chi connectivity index (χ3n) is 4.01. The first kappa shape index (κ1) is 17.9. The minimum Gasteiger partial charge on any atom is -0.486 e. The largest absolute Gasteiger partial charge is 0.486 e. The van der Waals surface area contributed by atoms with Crippen LogP contribution in [0.15, 0.2) is 40.9 Å². The molecule has 1 aromatic carbocycles. The number of fused-ring (bicyclic) bond motifs is 1. The summed E-state index contributed by atoms with van der Waals surface area (Å²) in [4.78, 5) is 13.2. The molecule has 3 aromatic rings. The van der Waals surface area contributed by atoms with Crippen LogP contribution >= 0.6 is 23.1 Å². The number of aromatic nitrogens is 3. The smallest absolute Gasteiger partial charge is 0.230 e. The molecular formula is C18H18N4O3S2. The van der Waals surface area contributed by atoms with E-state index in [4.69, 9.17) is 9.47 Å². The summed E-state index contributed by atoms with van der Waals surface area (Å²) in [6.45, 7) is 1.65. The Balaban J connectivity index is 1.39. The van der Waals surface area contributed by atoms with E-state index in [0.29, 0.717) is 42.2 Å². The van der Waals surface area contributed by atoms with Crippen molar-refractivity contribution in [3.63, 3.8) is 0 Å². The molecule has 7 nitrogen and oxygen atoms in total. The monoisotopic (exact) mass is 402 g/mol. The quantitative estimate of drug-likeness (QED) is 0.639. The number of benzene rings is 1. The number of ether oxygens (including phenoxy) is 2. The van der Waals surface area contributed by atoms with Gasteiger partial charge in [0.05, 0.1) is 12.3 Å². The van der Waals surface area contributed by atoms with Crippen LogP contribution in [0.2, 0.25) is 0 Å². The van der Waals surface area contributed by atoms with Gasteiger partial charge in [-0.2, -0.15) is 0 Å². The van der Waals surface area contributed by atoms with Gasteiger partial charge in [-0.25, -0.2) is 0 Å². The Morgan fingerprint density at radius 3 is 2.93 bits per heavy atom. The van der Waals surface area contributed by atoms with E-state index >= 15 is 0 Å². The number of carbonyl (C=O) groups is 1. The standard InChI is InChI=1S/C18H18N4O3S2/c1-22-17(12-4-5-14-15(9-12)25-7-6-24-14)20-21-18(22)27-11-16(23)19-10-13-3-2-8-26-13/h2-5,8-9H,6-7,10-11H2,1H3,(H,19,23). The van der Waals surface area contributed by atoms with E-state index in [2.05, 4.69) is 15.5 Å². The van der Waals surface area contributed by atoms with Crippen LogP contribution in [-0.2, 0) is 18.4 Å². The summed E-state index contributed by atoms with van der Waals surface area (Å²) in [5.41, 5.74) is 0.892. The molecule has 3 heterocycles. The Morgan fingerprint density at radius 2 is 2.11 bits per heavy atom. The Labute approximate surface area is 164 Å². The van der Waals surface area contributed by atoms with Crippen LogP contribution in [0.25, 0.3) is 11.4 Å². The molecule has 1 amide bonds. The maximum absolute atomic E-state index is 12.0. The van der Waals surface area contributed by atoms with Gasteiger partial charge in [-0.05, 0) is 29.6 Å². The van der Waals surface area contributed by atoms with Gasteiger partial charge in [0.1, 0.15) is 13.2 Å². The lowest BCUT2D eigenvalue weighted by atomic mass is 10.2. The van der Waals surface area contributed by atoms with Gasteiger partial charge in [-0.3, -0.25) is 4.79 Å². The molecule has 0 atom stereocenters. The zero-order valence-electron chi connectivity index (χ0n) is 14.7. The summed E-state index contributed by atoms with van der Waals surface area (Å²) < 4.78 is 13.1. The first-order valence-electron chi connectivity index (χ1n) is 8.42. The third kappa shape index (κ3) is 4.09. The molecule has 140 valence electrons. The number of thiophene rings is 1. The van der Waals surface area contributed by atoms with Gasteiger partial charge in [0, 0.05) is 17.5 Å². The van der Waals surface area contributed by atoms with Crippen molar-refractivity contribution >= 4 is 29.0 Å². The van der Waals surface area contributed by atoms with Gasteiger partial charge in [0.15, 0.2) is 22.5 Å². The van der Waals surface area contributed by atoms with Crippen LogP contribution in [0.1, 0.15) is 4.88 Å². The second kappa shape index (κ2) is 8.01. The van der Waals surface area contributed by atoms with E-state index in [1.54, 1.807) is 11.3 Å². The van der Waals surface area contributed by atoms with E-state index in [-0.39, 0.29) is 5.91 Å². The molecule has 0 bridgehead atoms. The molecule has 0 fully saturated rings. The third-order valence-corrected chi connectivity index (χ3v) is 5.90. The predicted octanol–water partition coefficient (Wildman–Crippen LogP) is 2.72. The highest BCUT2D eigenvalue weighted by molar-refractivity contribution is 7.99. The number of amides is 1. The van der Waals surface area contributed by atoms with Crippen molar-refractivity contribution in [3.05, 3.63) is 40.6 Å². The molecule has 0 spiro atoms. The molecule has 4 rings (SSSR count). The zero-order chi connectivity index (χ0) is 18.6. The molecule has 2 aromatic heterocycles. The second-order valence-electron chi connectivity index (χ2n) is 5.87. The molecule has 0 aliphatic carbocycles. The van der Waals surface area contributed by atoms with E-state index in [1.807, 2.05) is 47.3 Å². The number of hydrogen-bond donors (Lipinski definition) is 1. The lowest BCUT2D eigenvalue weighted by Gasteiger charge is -2.18. The summed E-state index contributed by atoms with van der Waals surface area (Å²) in [5.74, 6) is 2.43. The Kier molecular flexibility index (Phi) is 5.30. The van der Waals surface area contributed by atoms with Crippen molar-refractivity contribution in [2.75, 3.05) is 19.0 Å². The maximum atomic E-state index is 12.0. The predicted molar refractivity (Wildman–Crippen MR) is 104 cm³/mol. The van der Waals surface area contributed by atoms with Gasteiger partial charge in [-0.15, -0.1) is 21.5 Å². The lowest BCUT2D eigenvalue weighted by Crippen LogP contribution is -2.24. The number of nitrogens with one attached hydrogen (secondary N) is 1. The van der Waals surface area contributed by atoms with E-state index < -0.39 is 0 Å². The summed E-state index contributed by atoms with van der Waals surface area (Å²) in [5, 5.41) is 14.1. The number of nitrogens with zero attached hydrogens (tertiary/aromatic N) is 3. The van der Waals surface area contributed by atoms with E-state index in [9.17, 15) is 4.79 Å². The number of rotatable bonds is 6. The Hall–Kier alpha value is -2.52. The maximum Gasteiger partial charge on any atom is 0.230 e. The van der Waals surface area contributed by atoms with Crippen LogP contribution in [-0.4, -0.2) is 39.6 Å². The summed E-state index contributed by atoms with van der Waals surface area (Å²) in [6.07, 6.45) is 0. The molecule has 0 saturated heterocycles. The number of thioether (sulfide) groups is 1. The first-order valence-corrected chi connectivity index (χ1v) is 10.3. The molecule has 1 aliphatic rings. The van der Waals surface area contributed by atoms with Crippen molar-refractivity contribution < 1.29 is 14.3 Å². The van der Waals surface area contributed by atoms with Gasteiger partial charge in [0.25, 0.3) is 0 Å². The molecule has 0 unspecified atom stereocenters. The SMILES string of the molecule is Cn1c(SCC(=O)NCc2cccs2)nnc1-c1ccc2c(c1)OCCO2.